The van der Waals surface area contributed by atoms with E-state index >= 15 is 0 Å². The maximum Gasteiger partial charge on any atom is 0.537 e. The van der Waals surface area contributed by atoms with Crippen LogP contribution in [0.2, 0.25) is 0 Å². The van der Waals surface area contributed by atoms with E-state index < -0.39 is 17.6 Å². The molecule has 0 fully saturated rings. The van der Waals surface area contributed by atoms with Gasteiger partial charge in [0.15, 0.2) is 0 Å². The Morgan fingerprint density at radius 1 is 0.471 bits per heavy atom. The van der Waals surface area contributed by atoms with Crippen LogP contribution < -0.4 is 10.4 Å². The van der Waals surface area contributed by atoms with E-state index in [2.05, 4.69) is 24.3 Å². The third-order valence-electron chi connectivity index (χ3n) is 5.03. The molecule has 0 aliphatic rings. The van der Waals surface area contributed by atoms with Gasteiger partial charge >= 0.3 is 17.6 Å². The summed E-state index contributed by atoms with van der Waals surface area (Å²) in [5.74, 6) is 0. The van der Waals surface area contributed by atoms with Gasteiger partial charge in [0, 0.05) is 50.0 Å². The van der Waals surface area contributed by atoms with Crippen LogP contribution in [0.5, 0.6) is 0 Å². The van der Waals surface area contributed by atoms with E-state index in [1.165, 1.54) is 0 Å². The summed E-state index contributed by atoms with van der Waals surface area (Å²) in [6.45, 7) is 14.9. The SMILES string of the molecule is CCO[Si](OCC)(OCC)c1ccccc1/C=C/c1ccccc1[Si](OCC)(OCC)OCC. The van der Waals surface area contributed by atoms with Gasteiger partial charge in [-0.3, -0.25) is 0 Å². The van der Waals surface area contributed by atoms with Gasteiger partial charge in [0.25, 0.3) is 0 Å². The summed E-state index contributed by atoms with van der Waals surface area (Å²) >= 11 is 0. The monoisotopic (exact) mass is 504 g/mol. The zero-order valence-electron chi connectivity index (χ0n) is 21.5. The summed E-state index contributed by atoms with van der Waals surface area (Å²) in [5, 5.41) is 1.91. The number of benzene rings is 2. The average molecular weight is 505 g/mol. The Bertz CT molecular complexity index is 784. The van der Waals surface area contributed by atoms with Gasteiger partial charge in [0.05, 0.1) is 0 Å². The van der Waals surface area contributed by atoms with Crippen molar-refractivity contribution in [2.24, 2.45) is 0 Å². The van der Waals surface area contributed by atoms with Crippen molar-refractivity contribution in [3.63, 3.8) is 0 Å². The molecule has 0 aliphatic carbocycles. The standard InChI is InChI=1S/C26H40O6Si2/c1-7-27-33(28-8-2,29-9-3)25-19-15-13-17-23(25)21-22-24-18-14-16-20-26(24)34(30-10-4,31-11-5)32-12-6/h13-22H,7-12H2,1-6H3/b22-21+. The van der Waals surface area contributed by atoms with E-state index in [4.69, 9.17) is 26.6 Å². The van der Waals surface area contributed by atoms with Gasteiger partial charge in [-0.15, -0.1) is 0 Å². The molecule has 34 heavy (non-hydrogen) atoms. The van der Waals surface area contributed by atoms with Crippen LogP contribution in [0.4, 0.5) is 0 Å². The van der Waals surface area contributed by atoms with Crippen LogP contribution >= 0.6 is 0 Å². The molecule has 0 spiro atoms. The molecule has 2 aromatic rings. The second-order valence-electron chi connectivity index (χ2n) is 7.22. The number of hydrogen-bond donors (Lipinski definition) is 0. The molecule has 8 heteroatoms. The fourth-order valence-electron chi connectivity index (χ4n) is 3.88. The van der Waals surface area contributed by atoms with Crippen LogP contribution in [0.15, 0.2) is 48.5 Å². The first-order valence-corrected chi connectivity index (χ1v) is 15.7. The summed E-state index contributed by atoms with van der Waals surface area (Å²) in [6, 6.07) is 16.2. The van der Waals surface area contributed by atoms with E-state index in [-0.39, 0.29) is 0 Å². The highest BCUT2D eigenvalue weighted by molar-refractivity contribution is 6.76. The third kappa shape index (κ3) is 6.96. The predicted octanol–water partition coefficient (Wildman–Crippen LogP) is 4.37. The van der Waals surface area contributed by atoms with Crippen molar-refractivity contribution in [3.8, 4) is 0 Å². The fourth-order valence-corrected chi connectivity index (χ4v) is 9.23. The molecule has 0 atom stereocenters. The molecule has 6 nitrogen and oxygen atoms in total. The second-order valence-corrected chi connectivity index (χ2v) is 12.3. The van der Waals surface area contributed by atoms with Crippen molar-refractivity contribution in [2.45, 2.75) is 41.5 Å². The van der Waals surface area contributed by atoms with Crippen molar-refractivity contribution in [1.82, 2.24) is 0 Å². The molecule has 0 N–H and O–H groups in total. The molecule has 0 amide bonds. The summed E-state index contributed by atoms with van der Waals surface area (Å²) in [7, 11) is -6.12. The zero-order chi connectivity index (χ0) is 24.9. The highest BCUT2D eigenvalue weighted by atomic mass is 28.4. The molecule has 0 heterocycles. The summed E-state index contributed by atoms with van der Waals surface area (Å²) < 4.78 is 37.0. The van der Waals surface area contributed by atoms with Gasteiger partial charge < -0.3 is 26.6 Å². The Hall–Kier alpha value is -1.63. The van der Waals surface area contributed by atoms with Crippen molar-refractivity contribution >= 4 is 40.1 Å². The van der Waals surface area contributed by atoms with Crippen molar-refractivity contribution in [2.75, 3.05) is 39.6 Å². The summed E-state index contributed by atoms with van der Waals surface area (Å²) in [4.78, 5) is 0. The first-order chi connectivity index (χ1) is 16.6. The average Bonchev–Trinajstić information content (AvgIpc) is 2.84. The normalized spacial score (nSPS) is 12.5. The van der Waals surface area contributed by atoms with Crippen molar-refractivity contribution < 1.29 is 26.6 Å². The van der Waals surface area contributed by atoms with Gasteiger partial charge in [-0.2, -0.15) is 0 Å². The number of hydrogen-bond acceptors (Lipinski definition) is 6. The minimum Gasteiger partial charge on any atom is -0.370 e. The third-order valence-corrected chi connectivity index (χ3v) is 11.3. The Morgan fingerprint density at radius 3 is 1.00 bits per heavy atom. The van der Waals surface area contributed by atoms with Crippen LogP contribution in [0, 0.1) is 0 Å². The minimum atomic E-state index is -3.06. The Balaban J connectivity index is 2.58. The lowest BCUT2D eigenvalue weighted by molar-refractivity contribution is 0.0851. The Morgan fingerprint density at radius 2 is 0.735 bits per heavy atom. The molecule has 0 aliphatic heterocycles. The topological polar surface area (TPSA) is 55.4 Å². The van der Waals surface area contributed by atoms with E-state index in [0.717, 1.165) is 21.5 Å². The first-order valence-electron chi connectivity index (χ1n) is 12.3. The highest BCUT2D eigenvalue weighted by Gasteiger charge is 2.45. The van der Waals surface area contributed by atoms with E-state index in [1.54, 1.807) is 0 Å². The minimum absolute atomic E-state index is 0.512. The molecule has 0 aromatic heterocycles. The van der Waals surface area contributed by atoms with Gasteiger partial charge in [-0.25, -0.2) is 0 Å². The van der Waals surface area contributed by atoms with E-state index in [1.807, 2.05) is 77.9 Å². The van der Waals surface area contributed by atoms with Crippen LogP contribution in [-0.4, -0.2) is 57.3 Å². The molecule has 0 saturated heterocycles. The smallest absolute Gasteiger partial charge is 0.370 e. The summed E-state index contributed by atoms with van der Waals surface area (Å²) in [5.41, 5.74) is 1.99. The van der Waals surface area contributed by atoms with Gasteiger partial charge in [-0.05, 0) is 52.7 Å². The predicted molar refractivity (Wildman–Crippen MR) is 142 cm³/mol. The number of rotatable bonds is 16. The first kappa shape index (κ1) is 28.6. The maximum absolute atomic E-state index is 6.17. The van der Waals surface area contributed by atoms with E-state index in [0.29, 0.717) is 39.6 Å². The van der Waals surface area contributed by atoms with Crippen LogP contribution in [0.3, 0.4) is 0 Å². The quantitative estimate of drug-likeness (QED) is 0.250. The molecular weight excluding hydrogens is 464 g/mol. The lowest BCUT2D eigenvalue weighted by Crippen LogP contribution is -2.58. The molecule has 188 valence electrons. The maximum atomic E-state index is 6.17. The largest absolute Gasteiger partial charge is 0.537 e. The lowest BCUT2D eigenvalue weighted by atomic mass is 10.1. The fraction of sp³-hybridized carbons (Fsp3) is 0.462. The lowest BCUT2D eigenvalue weighted by Gasteiger charge is -2.30. The molecule has 0 unspecified atom stereocenters. The van der Waals surface area contributed by atoms with Crippen LogP contribution in [0.25, 0.3) is 12.2 Å². The Kier molecular flexibility index (Phi) is 12.4. The van der Waals surface area contributed by atoms with Gasteiger partial charge in [0.2, 0.25) is 0 Å². The van der Waals surface area contributed by atoms with Crippen LogP contribution in [0.1, 0.15) is 52.7 Å². The van der Waals surface area contributed by atoms with Gasteiger partial charge in [-0.1, -0.05) is 60.7 Å². The summed E-state index contributed by atoms with van der Waals surface area (Å²) in [6.07, 6.45) is 4.16. The zero-order valence-corrected chi connectivity index (χ0v) is 23.5. The molecule has 2 aromatic carbocycles. The molecule has 0 saturated carbocycles. The van der Waals surface area contributed by atoms with Crippen molar-refractivity contribution in [1.29, 1.82) is 0 Å². The Labute approximate surface area is 207 Å². The second kappa shape index (κ2) is 14.7. The highest BCUT2D eigenvalue weighted by Crippen LogP contribution is 2.18. The molecule has 2 rings (SSSR count). The molecule has 0 radical (unpaired) electrons. The molecular formula is C26H40O6Si2. The van der Waals surface area contributed by atoms with Crippen LogP contribution in [-0.2, 0) is 26.6 Å². The van der Waals surface area contributed by atoms with Gasteiger partial charge in [0.1, 0.15) is 0 Å². The van der Waals surface area contributed by atoms with E-state index in [9.17, 15) is 0 Å². The van der Waals surface area contributed by atoms with Crippen molar-refractivity contribution in [3.05, 3.63) is 59.7 Å². The molecule has 0 bridgehead atoms.